The van der Waals surface area contributed by atoms with Crippen LogP contribution in [0.3, 0.4) is 0 Å². The van der Waals surface area contributed by atoms with Crippen LogP contribution in [0, 0.1) is 0 Å². The number of carbonyl (C=O) groups is 3. The molecular weight excluding hydrogens is 338 g/mol. The first-order valence-electron chi connectivity index (χ1n) is 7.94. The molecule has 2 aromatic rings. The van der Waals surface area contributed by atoms with E-state index >= 15 is 0 Å². The van der Waals surface area contributed by atoms with E-state index in [0.29, 0.717) is 16.3 Å². The van der Waals surface area contributed by atoms with Crippen molar-refractivity contribution in [1.82, 2.24) is 9.88 Å². The molecule has 1 aromatic heterocycles. The molecule has 0 saturated carbocycles. The first-order chi connectivity index (χ1) is 11.7. The highest BCUT2D eigenvalue weighted by atomic mass is 32.1. The minimum atomic E-state index is -0.922. The van der Waals surface area contributed by atoms with Gasteiger partial charge in [-0.1, -0.05) is 32.9 Å². The molecule has 1 N–H and O–H groups in total. The molecular formula is C18H19N3O3S. The Bertz CT molecular complexity index is 831. The topological polar surface area (TPSA) is 79.4 Å². The standard InChI is InChI=1S/C18H19N3O3S/c1-10(14(22)20-17-19-13(9-25-17)18(2,3)4)21-15(23)11-7-5-6-8-12(11)16(21)24/h5-10H,1-4H3,(H,19,20,22). The lowest BCUT2D eigenvalue weighted by molar-refractivity contribution is -0.119. The molecule has 0 aliphatic carbocycles. The Hall–Kier alpha value is -2.54. The Balaban J connectivity index is 1.77. The molecule has 3 rings (SSSR count). The average molecular weight is 357 g/mol. The number of amides is 3. The Morgan fingerprint density at radius 3 is 2.20 bits per heavy atom. The zero-order valence-electron chi connectivity index (χ0n) is 14.5. The van der Waals surface area contributed by atoms with Crippen LogP contribution in [0.1, 0.15) is 54.1 Å². The van der Waals surface area contributed by atoms with Crippen molar-refractivity contribution in [1.29, 1.82) is 0 Å². The minimum Gasteiger partial charge on any atom is -0.300 e. The van der Waals surface area contributed by atoms with Crippen LogP contribution < -0.4 is 5.32 Å². The van der Waals surface area contributed by atoms with Crippen LogP contribution in [0.4, 0.5) is 5.13 Å². The van der Waals surface area contributed by atoms with E-state index in [-0.39, 0.29) is 5.41 Å². The van der Waals surface area contributed by atoms with Gasteiger partial charge in [0.1, 0.15) is 6.04 Å². The summed E-state index contributed by atoms with van der Waals surface area (Å²) < 4.78 is 0. The number of nitrogens with zero attached hydrogens (tertiary/aromatic N) is 2. The fourth-order valence-electron chi connectivity index (χ4n) is 2.56. The largest absolute Gasteiger partial charge is 0.300 e. The molecule has 1 unspecified atom stereocenters. The highest BCUT2D eigenvalue weighted by Gasteiger charge is 2.40. The number of fused-ring (bicyclic) bond motifs is 1. The molecule has 130 valence electrons. The van der Waals surface area contributed by atoms with Gasteiger partial charge in [-0.3, -0.25) is 19.3 Å². The average Bonchev–Trinajstić information content (AvgIpc) is 3.11. The molecule has 3 amide bonds. The Kier molecular flexibility index (Phi) is 4.20. The smallest absolute Gasteiger partial charge is 0.262 e. The highest BCUT2D eigenvalue weighted by molar-refractivity contribution is 7.14. The molecule has 0 spiro atoms. The summed E-state index contributed by atoms with van der Waals surface area (Å²) in [6.45, 7) is 7.65. The molecule has 6 nitrogen and oxygen atoms in total. The molecule has 25 heavy (non-hydrogen) atoms. The van der Waals surface area contributed by atoms with Crippen molar-refractivity contribution in [2.45, 2.75) is 39.2 Å². The van der Waals surface area contributed by atoms with Crippen molar-refractivity contribution in [3.63, 3.8) is 0 Å². The molecule has 0 bridgehead atoms. The second-order valence-corrected chi connectivity index (χ2v) is 7.84. The van der Waals surface area contributed by atoms with Gasteiger partial charge in [-0.15, -0.1) is 11.3 Å². The van der Waals surface area contributed by atoms with Gasteiger partial charge in [0.05, 0.1) is 16.8 Å². The number of imide groups is 1. The van der Waals surface area contributed by atoms with Gasteiger partial charge in [-0.05, 0) is 19.1 Å². The lowest BCUT2D eigenvalue weighted by atomic mass is 9.93. The summed E-state index contributed by atoms with van der Waals surface area (Å²) in [5, 5.41) is 5.05. The van der Waals surface area contributed by atoms with E-state index in [1.165, 1.54) is 18.3 Å². The molecule has 2 heterocycles. The number of aromatic nitrogens is 1. The second kappa shape index (κ2) is 6.07. The van der Waals surface area contributed by atoms with Crippen LogP contribution in [0.2, 0.25) is 0 Å². The summed E-state index contributed by atoms with van der Waals surface area (Å²) in [5.41, 5.74) is 1.42. The number of hydrogen-bond acceptors (Lipinski definition) is 5. The number of anilines is 1. The molecule has 0 fully saturated rings. The van der Waals surface area contributed by atoms with Crippen LogP contribution in [0.25, 0.3) is 0 Å². The first kappa shape index (κ1) is 17.3. The maximum atomic E-state index is 12.5. The van der Waals surface area contributed by atoms with Crippen molar-refractivity contribution in [3.05, 3.63) is 46.5 Å². The molecule has 1 aliphatic heterocycles. The maximum Gasteiger partial charge on any atom is 0.262 e. The molecule has 0 saturated heterocycles. The molecule has 0 radical (unpaired) electrons. The Morgan fingerprint density at radius 2 is 1.72 bits per heavy atom. The van der Waals surface area contributed by atoms with Crippen LogP contribution in [-0.4, -0.2) is 33.6 Å². The van der Waals surface area contributed by atoms with Gasteiger partial charge >= 0.3 is 0 Å². The van der Waals surface area contributed by atoms with E-state index in [9.17, 15) is 14.4 Å². The number of carbonyl (C=O) groups excluding carboxylic acids is 3. The zero-order chi connectivity index (χ0) is 18.4. The lowest BCUT2D eigenvalue weighted by Crippen LogP contribution is -2.45. The predicted molar refractivity (Wildman–Crippen MR) is 95.8 cm³/mol. The van der Waals surface area contributed by atoms with E-state index < -0.39 is 23.8 Å². The number of rotatable bonds is 3. The van der Waals surface area contributed by atoms with E-state index in [0.717, 1.165) is 10.6 Å². The van der Waals surface area contributed by atoms with E-state index in [1.807, 2.05) is 26.2 Å². The van der Waals surface area contributed by atoms with E-state index in [1.54, 1.807) is 24.3 Å². The van der Waals surface area contributed by atoms with Gasteiger partial charge in [0.2, 0.25) is 5.91 Å². The van der Waals surface area contributed by atoms with E-state index in [4.69, 9.17) is 0 Å². The summed E-state index contributed by atoms with van der Waals surface area (Å²) in [7, 11) is 0. The minimum absolute atomic E-state index is 0.117. The number of hydrogen-bond donors (Lipinski definition) is 1. The normalized spacial score (nSPS) is 15.3. The van der Waals surface area contributed by atoms with Crippen LogP contribution in [0.15, 0.2) is 29.6 Å². The third-order valence-corrected chi connectivity index (χ3v) is 4.85. The van der Waals surface area contributed by atoms with Crippen molar-refractivity contribution < 1.29 is 14.4 Å². The van der Waals surface area contributed by atoms with Gasteiger partial charge in [0, 0.05) is 10.8 Å². The van der Waals surface area contributed by atoms with Crippen molar-refractivity contribution >= 4 is 34.2 Å². The lowest BCUT2D eigenvalue weighted by Gasteiger charge is -2.21. The summed E-state index contributed by atoms with van der Waals surface area (Å²) in [6, 6.07) is 5.66. The summed E-state index contributed by atoms with van der Waals surface area (Å²) in [5.74, 6) is -1.33. The van der Waals surface area contributed by atoms with Crippen LogP contribution in [-0.2, 0) is 10.2 Å². The van der Waals surface area contributed by atoms with Gasteiger partial charge in [0.25, 0.3) is 11.8 Å². The molecule has 7 heteroatoms. The highest BCUT2D eigenvalue weighted by Crippen LogP contribution is 2.28. The van der Waals surface area contributed by atoms with Gasteiger partial charge in [-0.2, -0.15) is 0 Å². The fraction of sp³-hybridized carbons (Fsp3) is 0.333. The zero-order valence-corrected chi connectivity index (χ0v) is 15.3. The number of thiazole rings is 1. The monoisotopic (exact) mass is 357 g/mol. The van der Waals surface area contributed by atoms with Crippen LogP contribution >= 0.6 is 11.3 Å². The number of benzene rings is 1. The predicted octanol–water partition coefficient (Wildman–Crippen LogP) is 3.06. The quantitative estimate of drug-likeness (QED) is 0.856. The molecule has 1 atom stereocenters. The summed E-state index contributed by atoms with van der Waals surface area (Å²) in [4.78, 5) is 42.8. The molecule has 1 aliphatic rings. The Labute approximate surface area is 149 Å². The molecule has 1 aromatic carbocycles. The van der Waals surface area contributed by atoms with Crippen molar-refractivity contribution in [2.24, 2.45) is 0 Å². The fourth-order valence-corrected chi connectivity index (χ4v) is 3.50. The van der Waals surface area contributed by atoms with Gasteiger partial charge in [-0.25, -0.2) is 4.98 Å². The van der Waals surface area contributed by atoms with Gasteiger partial charge in [0.15, 0.2) is 5.13 Å². The van der Waals surface area contributed by atoms with E-state index in [2.05, 4.69) is 10.3 Å². The second-order valence-electron chi connectivity index (χ2n) is 6.98. The Morgan fingerprint density at radius 1 is 1.16 bits per heavy atom. The van der Waals surface area contributed by atoms with Gasteiger partial charge < -0.3 is 5.32 Å². The maximum absolute atomic E-state index is 12.5. The summed E-state index contributed by atoms with van der Waals surface area (Å²) >= 11 is 1.32. The van der Waals surface area contributed by atoms with Crippen LogP contribution in [0.5, 0.6) is 0 Å². The SMILES string of the molecule is CC(C(=O)Nc1nc(C(C)(C)C)cs1)N1C(=O)c2ccccc2C1=O. The van der Waals surface area contributed by atoms with Crippen molar-refractivity contribution in [3.8, 4) is 0 Å². The first-order valence-corrected chi connectivity index (χ1v) is 8.82. The number of nitrogens with one attached hydrogen (secondary N) is 1. The van der Waals surface area contributed by atoms with Crippen molar-refractivity contribution in [2.75, 3.05) is 5.32 Å². The summed E-state index contributed by atoms with van der Waals surface area (Å²) in [6.07, 6.45) is 0. The third-order valence-electron chi connectivity index (χ3n) is 4.09. The third kappa shape index (κ3) is 3.07.